The predicted octanol–water partition coefficient (Wildman–Crippen LogP) is 20.0. The molecule has 0 unspecified atom stereocenters. The lowest BCUT2D eigenvalue weighted by Gasteiger charge is -2.26. The van der Waals surface area contributed by atoms with E-state index in [4.69, 9.17) is 13.3 Å². The first-order chi connectivity index (χ1) is 36.2. The molecule has 3 heterocycles. The highest BCUT2D eigenvalue weighted by atomic mass is 16.3. The summed E-state index contributed by atoms with van der Waals surface area (Å²) >= 11 is 0. The lowest BCUT2D eigenvalue weighted by atomic mass is 9.98. The summed E-state index contributed by atoms with van der Waals surface area (Å²) in [4.78, 5) is 4.66. The average Bonchev–Trinajstić information content (AvgIpc) is 4.18. The van der Waals surface area contributed by atoms with Gasteiger partial charge in [-0.3, -0.25) is 0 Å². The maximum Gasteiger partial charge on any atom is 0.159 e. The van der Waals surface area contributed by atoms with E-state index < -0.39 is 0 Å². The molecule has 12 aromatic carbocycles. The van der Waals surface area contributed by atoms with Crippen LogP contribution in [-0.2, 0) is 0 Å². The Balaban J connectivity index is 0.904. The van der Waals surface area contributed by atoms with E-state index in [1.807, 2.05) is 24.3 Å². The van der Waals surface area contributed by atoms with E-state index in [0.717, 1.165) is 144 Å². The Morgan fingerprint density at radius 1 is 0.233 bits per heavy atom. The number of benzene rings is 12. The van der Waals surface area contributed by atoms with Crippen LogP contribution in [0.4, 0.5) is 34.1 Å². The standard InChI is InChI=1S/C68H42N2O3/c1-3-15-43(16-4-1)45-19-11-21-49(39-45)69(59-27-13-25-57-55-23-7-9-29-61(55)72-67(57)59)51-33-35-53-47(41-51)31-37-63-65(53)66-54-36-34-52(42-48(54)32-38-64(66)71-63)70(50-22-12-20-46(40-50)44-17-5-2-6-18-44)60-28-14-26-58-56-24-8-10-30-62(56)73-68(58)60/h1-42H. The number of para-hydroxylation sites is 4. The normalized spacial score (nSPS) is 11.8. The van der Waals surface area contributed by atoms with Gasteiger partial charge in [0, 0.05) is 55.1 Å². The van der Waals surface area contributed by atoms with Gasteiger partial charge >= 0.3 is 0 Å². The summed E-state index contributed by atoms with van der Waals surface area (Å²) in [5, 5.41) is 11.0. The maximum absolute atomic E-state index is 6.72. The number of hydrogen-bond acceptors (Lipinski definition) is 5. The summed E-state index contributed by atoms with van der Waals surface area (Å²) in [7, 11) is 0. The molecule has 0 aliphatic heterocycles. The number of hydrogen-bond donors (Lipinski definition) is 0. The molecular formula is C68H42N2O3. The molecule has 0 aliphatic rings. The third-order valence-corrected chi connectivity index (χ3v) is 14.6. The minimum atomic E-state index is 0.841. The molecule has 5 heteroatoms. The molecule has 0 amide bonds. The molecule has 15 rings (SSSR count). The molecule has 0 bridgehead atoms. The Kier molecular flexibility index (Phi) is 9.19. The van der Waals surface area contributed by atoms with Crippen LogP contribution in [0.2, 0.25) is 0 Å². The number of nitrogens with zero attached hydrogens (tertiary/aromatic N) is 2. The van der Waals surface area contributed by atoms with Crippen LogP contribution in [0.5, 0.6) is 0 Å². The van der Waals surface area contributed by atoms with E-state index in [1.54, 1.807) is 0 Å². The molecule has 0 aliphatic carbocycles. The van der Waals surface area contributed by atoms with E-state index in [2.05, 4.69) is 240 Å². The summed E-state index contributed by atoms with van der Waals surface area (Å²) in [6, 6.07) is 90.3. The molecule has 15 aromatic rings. The monoisotopic (exact) mass is 934 g/mol. The van der Waals surface area contributed by atoms with Crippen molar-refractivity contribution in [3.8, 4) is 22.3 Å². The van der Waals surface area contributed by atoms with Crippen LogP contribution in [0.3, 0.4) is 0 Å². The zero-order chi connectivity index (χ0) is 48.0. The topological polar surface area (TPSA) is 45.9 Å². The van der Waals surface area contributed by atoms with Gasteiger partial charge in [-0.15, -0.1) is 0 Å². The molecule has 0 radical (unpaired) electrons. The van der Waals surface area contributed by atoms with Crippen molar-refractivity contribution in [1.82, 2.24) is 0 Å². The van der Waals surface area contributed by atoms with Gasteiger partial charge in [0.25, 0.3) is 0 Å². The Labute approximate surface area is 419 Å². The van der Waals surface area contributed by atoms with Crippen molar-refractivity contribution >= 4 is 121 Å². The third-order valence-electron chi connectivity index (χ3n) is 14.6. The summed E-state index contributed by atoms with van der Waals surface area (Å²) in [6.45, 7) is 0. The highest BCUT2D eigenvalue weighted by molar-refractivity contribution is 6.27. The molecular weight excluding hydrogens is 893 g/mol. The van der Waals surface area contributed by atoms with Crippen molar-refractivity contribution in [3.63, 3.8) is 0 Å². The van der Waals surface area contributed by atoms with Crippen molar-refractivity contribution in [2.75, 3.05) is 9.80 Å². The molecule has 0 saturated heterocycles. The van der Waals surface area contributed by atoms with Crippen LogP contribution in [0.1, 0.15) is 0 Å². The van der Waals surface area contributed by atoms with Gasteiger partial charge < -0.3 is 23.1 Å². The van der Waals surface area contributed by atoms with Crippen LogP contribution >= 0.6 is 0 Å². The summed E-state index contributed by atoms with van der Waals surface area (Å²) in [5.41, 5.74) is 15.7. The van der Waals surface area contributed by atoms with Gasteiger partial charge in [-0.05, 0) is 129 Å². The van der Waals surface area contributed by atoms with Gasteiger partial charge in [0.15, 0.2) is 11.2 Å². The Bertz CT molecular complexity index is 4350. The highest BCUT2D eigenvalue weighted by Gasteiger charge is 2.24. The molecule has 0 spiro atoms. The van der Waals surface area contributed by atoms with Gasteiger partial charge in [0.1, 0.15) is 22.3 Å². The van der Waals surface area contributed by atoms with Crippen molar-refractivity contribution in [3.05, 3.63) is 255 Å². The quantitative estimate of drug-likeness (QED) is 0.152. The lowest BCUT2D eigenvalue weighted by molar-refractivity contribution is 0.668. The minimum Gasteiger partial charge on any atom is -0.456 e. The number of furan rings is 3. The zero-order valence-corrected chi connectivity index (χ0v) is 39.4. The van der Waals surface area contributed by atoms with Gasteiger partial charge in [0.05, 0.1) is 11.4 Å². The molecule has 342 valence electrons. The highest BCUT2D eigenvalue weighted by Crippen LogP contribution is 2.48. The summed E-state index contributed by atoms with van der Waals surface area (Å²) in [6.07, 6.45) is 0. The van der Waals surface area contributed by atoms with Crippen LogP contribution in [0.25, 0.3) is 110 Å². The van der Waals surface area contributed by atoms with E-state index in [0.29, 0.717) is 0 Å². The van der Waals surface area contributed by atoms with Crippen LogP contribution in [-0.4, -0.2) is 0 Å². The molecule has 0 atom stereocenters. The van der Waals surface area contributed by atoms with E-state index >= 15 is 0 Å². The molecule has 3 aromatic heterocycles. The first kappa shape index (κ1) is 41.0. The fourth-order valence-corrected chi connectivity index (χ4v) is 11.3. The number of fused-ring (bicyclic) bond motifs is 13. The largest absolute Gasteiger partial charge is 0.456 e. The Hall–Kier alpha value is -9.84. The number of rotatable bonds is 8. The van der Waals surface area contributed by atoms with Crippen molar-refractivity contribution in [2.45, 2.75) is 0 Å². The fourth-order valence-electron chi connectivity index (χ4n) is 11.3. The first-order valence-corrected chi connectivity index (χ1v) is 24.7. The second-order valence-electron chi connectivity index (χ2n) is 18.8. The Morgan fingerprint density at radius 3 is 1.11 bits per heavy atom. The fraction of sp³-hybridized carbons (Fsp3) is 0. The second-order valence-corrected chi connectivity index (χ2v) is 18.8. The SMILES string of the molecule is c1ccc(-c2cccc(N(c3ccc4c(ccc5oc6ccc7cc(N(c8cccc(-c9ccccc9)c8)c8cccc9c8oc8ccccc89)ccc7c6c54)c3)c3cccc4c3oc3ccccc34)c2)cc1. The van der Waals surface area contributed by atoms with Crippen LogP contribution in [0, 0.1) is 0 Å². The van der Waals surface area contributed by atoms with Gasteiger partial charge in [-0.2, -0.15) is 0 Å². The average molecular weight is 935 g/mol. The third kappa shape index (κ3) is 6.63. The van der Waals surface area contributed by atoms with Crippen molar-refractivity contribution < 1.29 is 13.3 Å². The first-order valence-electron chi connectivity index (χ1n) is 24.7. The maximum atomic E-state index is 6.72. The van der Waals surface area contributed by atoms with E-state index in [9.17, 15) is 0 Å². The smallest absolute Gasteiger partial charge is 0.159 e. The summed E-state index contributed by atoms with van der Waals surface area (Å²) < 4.78 is 20.1. The van der Waals surface area contributed by atoms with Crippen LogP contribution in [0.15, 0.2) is 268 Å². The lowest BCUT2D eigenvalue weighted by Crippen LogP contribution is -2.10. The van der Waals surface area contributed by atoms with Gasteiger partial charge in [0.2, 0.25) is 0 Å². The zero-order valence-electron chi connectivity index (χ0n) is 39.4. The van der Waals surface area contributed by atoms with Crippen molar-refractivity contribution in [2.24, 2.45) is 0 Å². The molecule has 0 saturated carbocycles. The van der Waals surface area contributed by atoms with Gasteiger partial charge in [-0.1, -0.05) is 170 Å². The second kappa shape index (κ2) is 16.4. The van der Waals surface area contributed by atoms with Gasteiger partial charge in [-0.25, -0.2) is 0 Å². The summed E-state index contributed by atoms with van der Waals surface area (Å²) in [5.74, 6) is 0. The van der Waals surface area contributed by atoms with E-state index in [-0.39, 0.29) is 0 Å². The molecule has 5 nitrogen and oxygen atoms in total. The number of anilines is 6. The van der Waals surface area contributed by atoms with Crippen molar-refractivity contribution in [1.29, 1.82) is 0 Å². The van der Waals surface area contributed by atoms with Crippen LogP contribution < -0.4 is 9.80 Å². The Morgan fingerprint density at radius 2 is 0.630 bits per heavy atom. The van der Waals surface area contributed by atoms with E-state index in [1.165, 1.54) is 0 Å². The minimum absolute atomic E-state index is 0.841. The molecule has 0 fully saturated rings. The molecule has 73 heavy (non-hydrogen) atoms. The molecule has 0 N–H and O–H groups in total. The predicted molar refractivity (Wildman–Crippen MR) is 304 cm³/mol.